The molecule has 0 aliphatic rings. The van der Waals surface area contributed by atoms with Crippen LogP contribution in [0.3, 0.4) is 0 Å². The average Bonchev–Trinajstić information content (AvgIpc) is 2.83. The van der Waals surface area contributed by atoms with E-state index >= 15 is 0 Å². The smallest absolute Gasteiger partial charge is 0.132 e. The first-order chi connectivity index (χ1) is 9.99. The second-order valence-corrected chi connectivity index (χ2v) is 6.81. The number of hydrogen-bond acceptors (Lipinski definition) is 1. The summed E-state index contributed by atoms with van der Waals surface area (Å²) in [6.07, 6.45) is 0. The van der Waals surface area contributed by atoms with E-state index in [1.54, 1.807) is 0 Å². The van der Waals surface area contributed by atoms with E-state index in [0.29, 0.717) is 0 Å². The summed E-state index contributed by atoms with van der Waals surface area (Å²) in [4.78, 5) is 4.76. The fourth-order valence-electron chi connectivity index (χ4n) is 2.56. The molecule has 108 valence electrons. The summed E-state index contributed by atoms with van der Waals surface area (Å²) in [5, 5.41) is -0.152. The van der Waals surface area contributed by atoms with Crippen molar-refractivity contribution in [2.75, 3.05) is 0 Å². The monoisotopic (exact) mass is 362 g/mol. The molecule has 21 heavy (non-hydrogen) atoms. The molecule has 0 spiro atoms. The van der Waals surface area contributed by atoms with Crippen LogP contribution in [0.2, 0.25) is 0 Å². The minimum Gasteiger partial charge on any atom is -0.295 e. The third kappa shape index (κ3) is 2.49. The van der Waals surface area contributed by atoms with Crippen molar-refractivity contribution in [3.05, 3.63) is 57.8 Å². The van der Waals surface area contributed by atoms with Gasteiger partial charge in [0.15, 0.2) is 0 Å². The zero-order valence-corrected chi connectivity index (χ0v) is 14.5. The molecule has 0 radical (unpaired) electrons. The molecule has 3 rings (SSSR count). The van der Waals surface area contributed by atoms with Crippen LogP contribution in [0.15, 0.2) is 40.9 Å². The lowest BCUT2D eigenvalue weighted by atomic mass is 10.2. The third-order valence-electron chi connectivity index (χ3n) is 3.67. The summed E-state index contributed by atoms with van der Waals surface area (Å²) < 4.78 is 3.26. The van der Waals surface area contributed by atoms with Gasteiger partial charge in [0.1, 0.15) is 5.82 Å². The van der Waals surface area contributed by atoms with Gasteiger partial charge in [0.05, 0.1) is 16.4 Å². The Balaban J connectivity index is 2.36. The first-order valence-electron chi connectivity index (χ1n) is 6.87. The number of hydrogen-bond donors (Lipinski definition) is 0. The minimum atomic E-state index is -0.152. The number of nitrogens with zero attached hydrogens (tertiary/aromatic N) is 2. The van der Waals surface area contributed by atoms with Crippen LogP contribution < -0.4 is 0 Å². The summed E-state index contributed by atoms with van der Waals surface area (Å²) in [7, 11) is 0. The molecular formula is C17H16BrClN2. The highest BCUT2D eigenvalue weighted by molar-refractivity contribution is 9.10. The van der Waals surface area contributed by atoms with Crippen LogP contribution in [0.25, 0.3) is 16.7 Å². The molecule has 0 bridgehead atoms. The van der Waals surface area contributed by atoms with Gasteiger partial charge < -0.3 is 0 Å². The van der Waals surface area contributed by atoms with Crippen LogP contribution in [0.5, 0.6) is 0 Å². The van der Waals surface area contributed by atoms with Gasteiger partial charge >= 0.3 is 0 Å². The van der Waals surface area contributed by atoms with Crippen molar-refractivity contribution in [3.8, 4) is 5.69 Å². The Bertz CT molecular complexity index is 821. The molecule has 0 aliphatic carbocycles. The maximum atomic E-state index is 6.36. The maximum Gasteiger partial charge on any atom is 0.132 e. The van der Waals surface area contributed by atoms with Gasteiger partial charge in [0.25, 0.3) is 0 Å². The van der Waals surface area contributed by atoms with Crippen LogP contribution >= 0.6 is 27.5 Å². The molecule has 1 atom stereocenters. The van der Waals surface area contributed by atoms with E-state index in [1.165, 1.54) is 11.1 Å². The first-order valence-corrected chi connectivity index (χ1v) is 8.10. The molecule has 2 nitrogen and oxygen atoms in total. The topological polar surface area (TPSA) is 17.8 Å². The van der Waals surface area contributed by atoms with Gasteiger partial charge in [-0.15, -0.1) is 11.6 Å². The normalized spacial score (nSPS) is 12.8. The Kier molecular flexibility index (Phi) is 3.80. The van der Waals surface area contributed by atoms with Crippen LogP contribution in [0.1, 0.15) is 29.3 Å². The fourth-order valence-corrected chi connectivity index (χ4v) is 2.96. The molecule has 0 saturated heterocycles. The highest BCUT2D eigenvalue weighted by atomic mass is 79.9. The predicted octanol–water partition coefficient (Wildman–Crippen LogP) is 5.70. The predicted molar refractivity (Wildman–Crippen MR) is 92.5 cm³/mol. The lowest BCUT2D eigenvalue weighted by Crippen LogP contribution is -2.02. The van der Waals surface area contributed by atoms with E-state index in [0.717, 1.165) is 27.0 Å². The third-order valence-corrected chi connectivity index (χ3v) is 4.75. The molecule has 3 aromatic rings. The van der Waals surface area contributed by atoms with Crippen molar-refractivity contribution in [2.24, 2.45) is 0 Å². The summed E-state index contributed by atoms with van der Waals surface area (Å²) in [5.41, 5.74) is 5.56. The molecule has 1 unspecified atom stereocenters. The molecule has 0 saturated carbocycles. The highest BCUT2D eigenvalue weighted by Crippen LogP contribution is 2.30. The van der Waals surface area contributed by atoms with E-state index < -0.39 is 0 Å². The Morgan fingerprint density at radius 2 is 1.90 bits per heavy atom. The fraction of sp³-hybridized carbons (Fsp3) is 0.235. The summed E-state index contributed by atoms with van der Waals surface area (Å²) in [6.45, 7) is 6.12. The number of benzene rings is 2. The lowest BCUT2D eigenvalue weighted by Gasteiger charge is -2.12. The zero-order chi connectivity index (χ0) is 15.1. The number of fused-ring (bicyclic) bond motifs is 1. The molecular weight excluding hydrogens is 348 g/mol. The van der Waals surface area contributed by atoms with Gasteiger partial charge in [-0.2, -0.15) is 0 Å². The first kappa shape index (κ1) is 14.6. The average molecular weight is 364 g/mol. The minimum absolute atomic E-state index is 0.152. The standard InChI is InChI=1S/C17H16BrClN2/c1-10-5-4-6-15-16(10)20-17(12(3)19)21(15)13-7-8-14(18)11(2)9-13/h4-9,12H,1-3H3. The summed E-state index contributed by atoms with van der Waals surface area (Å²) in [6, 6.07) is 12.5. The molecule has 4 heteroatoms. The Morgan fingerprint density at radius 1 is 1.14 bits per heavy atom. The van der Waals surface area contributed by atoms with Gasteiger partial charge in [0, 0.05) is 10.2 Å². The number of halogens is 2. The maximum absolute atomic E-state index is 6.36. The molecule has 0 N–H and O–H groups in total. The molecule has 1 aromatic heterocycles. The van der Waals surface area contributed by atoms with E-state index in [4.69, 9.17) is 16.6 Å². The summed E-state index contributed by atoms with van der Waals surface area (Å²) >= 11 is 9.91. The second-order valence-electron chi connectivity index (χ2n) is 5.30. The van der Waals surface area contributed by atoms with E-state index in [9.17, 15) is 0 Å². The zero-order valence-electron chi connectivity index (χ0n) is 12.2. The van der Waals surface area contributed by atoms with Crippen molar-refractivity contribution < 1.29 is 0 Å². The van der Waals surface area contributed by atoms with Crippen LogP contribution in [0, 0.1) is 13.8 Å². The molecule has 0 aliphatic heterocycles. The van der Waals surface area contributed by atoms with E-state index in [-0.39, 0.29) is 5.38 Å². The number of rotatable bonds is 2. The number of aryl methyl sites for hydroxylation is 2. The van der Waals surface area contributed by atoms with E-state index in [1.807, 2.05) is 6.92 Å². The van der Waals surface area contributed by atoms with Crippen molar-refractivity contribution in [2.45, 2.75) is 26.1 Å². The quantitative estimate of drug-likeness (QED) is 0.534. The Morgan fingerprint density at radius 3 is 2.57 bits per heavy atom. The Hall–Kier alpha value is -1.32. The van der Waals surface area contributed by atoms with Crippen molar-refractivity contribution in [3.63, 3.8) is 0 Å². The van der Waals surface area contributed by atoms with E-state index in [2.05, 4.69) is 70.7 Å². The number of imidazole rings is 1. The largest absolute Gasteiger partial charge is 0.295 e. The number of aromatic nitrogens is 2. The molecule has 0 amide bonds. The number of para-hydroxylation sites is 1. The molecule has 0 fully saturated rings. The second kappa shape index (κ2) is 5.47. The number of alkyl halides is 1. The van der Waals surface area contributed by atoms with Gasteiger partial charge in [-0.25, -0.2) is 4.98 Å². The van der Waals surface area contributed by atoms with Gasteiger partial charge in [-0.05, 0) is 56.2 Å². The van der Waals surface area contributed by atoms with Crippen molar-refractivity contribution in [1.82, 2.24) is 9.55 Å². The molecule has 2 aromatic carbocycles. The lowest BCUT2D eigenvalue weighted by molar-refractivity contribution is 0.881. The van der Waals surface area contributed by atoms with Crippen molar-refractivity contribution >= 4 is 38.6 Å². The highest BCUT2D eigenvalue weighted by Gasteiger charge is 2.17. The van der Waals surface area contributed by atoms with Gasteiger partial charge in [0.2, 0.25) is 0 Å². The SMILES string of the molecule is Cc1cc(-n2c(C(C)Cl)nc3c(C)cccc32)ccc1Br. The molecule has 1 heterocycles. The van der Waals surface area contributed by atoms with Gasteiger partial charge in [-0.1, -0.05) is 28.1 Å². The summed E-state index contributed by atoms with van der Waals surface area (Å²) in [5.74, 6) is 0.877. The van der Waals surface area contributed by atoms with Crippen LogP contribution in [-0.4, -0.2) is 9.55 Å². The van der Waals surface area contributed by atoms with Crippen molar-refractivity contribution in [1.29, 1.82) is 0 Å². The Labute approximate surface area is 137 Å². The van der Waals surface area contributed by atoms with Crippen LogP contribution in [0.4, 0.5) is 0 Å². The van der Waals surface area contributed by atoms with Crippen LogP contribution in [-0.2, 0) is 0 Å². The van der Waals surface area contributed by atoms with Gasteiger partial charge in [-0.3, -0.25) is 4.57 Å².